The van der Waals surface area contributed by atoms with E-state index in [4.69, 9.17) is 10.5 Å². The normalized spacial score (nSPS) is 11.0. The Morgan fingerprint density at radius 3 is 2.19 bits per heavy atom. The molecule has 0 saturated heterocycles. The fourth-order valence-corrected chi connectivity index (χ4v) is 2.17. The van der Waals surface area contributed by atoms with E-state index in [1.165, 1.54) is 7.05 Å². The Labute approximate surface area is 155 Å². The van der Waals surface area contributed by atoms with Crippen LogP contribution in [0.15, 0.2) is 21.7 Å². The minimum atomic E-state index is -0.970. The van der Waals surface area contributed by atoms with Gasteiger partial charge in [0, 0.05) is 25.7 Å². The largest absolute Gasteiger partial charge is 0.463 e. The van der Waals surface area contributed by atoms with E-state index in [1.807, 2.05) is 13.8 Å². The number of ether oxygens (including phenoxy) is 2. The maximum Gasteiger partial charge on any atom is 0.332 e. The Morgan fingerprint density at radius 2 is 1.67 bits per heavy atom. The molecule has 148 valence electrons. The summed E-state index contributed by atoms with van der Waals surface area (Å²) in [5.74, 6) is -2.80. The van der Waals surface area contributed by atoms with Gasteiger partial charge >= 0.3 is 17.6 Å². The molecule has 0 spiro atoms. The number of nitrogens with two attached hydrogens (primary N) is 1. The van der Waals surface area contributed by atoms with E-state index in [0.717, 1.165) is 21.3 Å². The van der Waals surface area contributed by atoms with E-state index in [0.29, 0.717) is 0 Å². The summed E-state index contributed by atoms with van der Waals surface area (Å²) in [4.78, 5) is 59.4. The molecule has 0 aliphatic carbocycles. The number of Topliss-reactive ketones (excluding diaryl/α,β-unsaturated/α-hetero) is 1. The van der Waals surface area contributed by atoms with Gasteiger partial charge in [-0.15, -0.1) is 0 Å². The first kappa shape index (κ1) is 21.9. The van der Waals surface area contributed by atoms with Gasteiger partial charge in [0.15, 0.2) is 6.61 Å². The second-order valence-electron chi connectivity index (χ2n) is 6.03. The molecule has 1 aromatic heterocycles. The molecule has 1 rings (SSSR count). The van der Waals surface area contributed by atoms with E-state index in [9.17, 15) is 24.0 Å². The first-order valence-electron chi connectivity index (χ1n) is 8.24. The predicted octanol–water partition coefficient (Wildman–Crippen LogP) is -0.370. The summed E-state index contributed by atoms with van der Waals surface area (Å²) in [5, 5.41) is 0. The summed E-state index contributed by atoms with van der Waals surface area (Å²) in [6.07, 6.45) is 1.65. The lowest BCUT2D eigenvalue weighted by Gasteiger charge is -2.16. The fourth-order valence-electron chi connectivity index (χ4n) is 2.17. The van der Waals surface area contributed by atoms with Crippen molar-refractivity contribution in [3.05, 3.63) is 38.6 Å². The van der Waals surface area contributed by atoms with Gasteiger partial charge in [-0.1, -0.05) is 13.8 Å². The topological polar surface area (TPSA) is 140 Å². The van der Waals surface area contributed by atoms with Crippen LogP contribution in [-0.4, -0.2) is 40.1 Å². The van der Waals surface area contributed by atoms with Crippen LogP contribution in [-0.2, 0) is 32.7 Å². The zero-order chi connectivity index (χ0) is 20.7. The van der Waals surface area contributed by atoms with Crippen molar-refractivity contribution in [1.82, 2.24) is 9.13 Å². The van der Waals surface area contributed by atoms with Gasteiger partial charge in [-0.05, 0) is 12.8 Å². The zero-order valence-electron chi connectivity index (χ0n) is 15.7. The lowest BCUT2D eigenvalue weighted by molar-refractivity contribution is -0.139. The molecule has 0 bridgehead atoms. The van der Waals surface area contributed by atoms with Gasteiger partial charge < -0.3 is 15.2 Å². The number of hydrogen-bond acceptors (Lipinski definition) is 8. The van der Waals surface area contributed by atoms with E-state index >= 15 is 0 Å². The number of carbonyl (C=O) groups is 3. The molecule has 0 aliphatic rings. The van der Waals surface area contributed by atoms with E-state index in [1.54, 1.807) is 6.92 Å². The van der Waals surface area contributed by atoms with Gasteiger partial charge in [-0.2, -0.15) is 0 Å². The molecule has 0 unspecified atom stereocenters. The van der Waals surface area contributed by atoms with Crippen LogP contribution < -0.4 is 17.0 Å². The Hall–Kier alpha value is -3.17. The third-order valence-electron chi connectivity index (χ3n) is 3.40. The summed E-state index contributed by atoms with van der Waals surface area (Å²) in [6.45, 7) is 4.87. The van der Waals surface area contributed by atoms with Crippen LogP contribution in [0, 0.1) is 5.92 Å². The van der Waals surface area contributed by atoms with Crippen molar-refractivity contribution < 1.29 is 23.9 Å². The molecule has 10 nitrogen and oxygen atoms in total. The molecule has 0 saturated carbocycles. The number of nitrogens with zero attached hydrogens (tertiary/aromatic N) is 2. The summed E-state index contributed by atoms with van der Waals surface area (Å²) < 4.78 is 11.2. The highest BCUT2D eigenvalue weighted by atomic mass is 16.5. The second-order valence-corrected chi connectivity index (χ2v) is 6.03. The van der Waals surface area contributed by atoms with Crippen LogP contribution in [0.25, 0.3) is 0 Å². The molecule has 0 fully saturated rings. The number of nitrogen functional groups attached to an aromatic ring is 1. The van der Waals surface area contributed by atoms with E-state index < -0.39 is 41.1 Å². The Bertz CT molecular complexity index is 878. The Balaban J connectivity index is 3.03. The highest BCUT2D eigenvalue weighted by Crippen LogP contribution is 2.09. The highest BCUT2D eigenvalue weighted by Gasteiger charge is 2.22. The number of carbonyl (C=O) groups excluding carboxylic acids is 3. The first-order chi connectivity index (χ1) is 12.6. The van der Waals surface area contributed by atoms with Gasteiger partial charge in [-0.25, -0.2) is 14.4 Å². The van der Waals surface area contributed by atoms with Gasteiger partial charge in [0.2, 0.25) is 5.78 Å². The SMILES string of the molecule is CCOC(=O)C=CC(=O)OCC(=O)c1c(N)n(CC(C)C)c(=O)n(C)c1=O. The van der Waals surface area contributed by atoms with Crippen molar-refractivity contribution in [1.29, 1.82) is 0 Å². The predicted molar refractivity (Wildman–Crippen MR) is 96.3 cm³/mol. The lowest BCUT2D eigenvalue weighted by Crippen LogP contribution is -2.43. The summed E-state index contributed by atoms with van der Waals surface area (Å²) >= 11 is 0. The molecule has 1 aromatic rings. The number of aromatic nitrogens is 2. The van der Waals surface area contributed by atoms with Crippen LogP contribution >= 0.6 is 0 Å². The minimum Gasteiger partial charge on any atom is -0.463 e. The average molecular weight is 381 g/mol. The highest BCUT2D eigenvalue weighted by molar-refractivity contribution is 6.02. The maximum absolute atomic E-state index is 12.3. The van der Waals surface area contributed by atoms with Crippen molar-refractivity contribution >= 4 is 23.5 Å². The summed E-state index contributed by atoms with van der Waals surface area (Å²) in [6, 6.07) is 0. The number of rotatable bonds is 8. The number of anilines is 1. The maximum atomic E-state index is 12.3. The van der Waals surface area contributed by atoms with Crippen LogP contribution in [0.1, 0.15) is 31.1 Å². The average Bonchev–Trinajstić information content (AvgIpc) is 2.60. The molecule has 0 aliphatic heterocycles. The molecule has 1 heterocycles. The smallest absolute Gasteiger partial charge is 0.332 e. The molecule has 0 atom stereocenters. The lowest BCUT2D eigenvalue weighted by atomic mass is 10.1. The number of hydrogen-bond donors (Lipinski definition) is 1. The van der Waals surface area contributed by atoms with Crippen LogP contribution in [0.2, 0.25) is 0 Å². The zero-order valence-corrected chi connectivity index (χ0v) is 15.7. The quantitative estimate of drug-likeness (QED) is 0.365. The third kappa shape index (κ3) is 5.66. The van der Waals surface area contributed by atoms with Gasteiger partial charge in [0.25, 0.3) is 5.56 Å². The molecule has 0 aromatic carbocycles. The molecule has 27 heavy (non-hydrogen) atoms. The molecular formula is C17H23N3O7. The molecular weight excluding hydrogens is 358 g/mol. The van der Waals surface area contributed by atoms with Crippen LogP contribution in [0.4, 0.5) is 5.82 Å². The number of esters is 2. The van der Waals surface area contributed by atoms with Crippen LogP contribution in [0.3, 0.4) is 0 Å². The van der Waals surface area contributed by atoms with Crippen molar-refractivity contribution in [2.45, 2.75) is 27.3 Å². The van der Waals surface area contributed by atoms with Gasteiger partial charge in [0.1, 0.15) is 11.4 Å². The summed E-state index contributed by atoms with van der Waals surface area (Å²) in [5.41, 5.74) is 3.91. The fraction of sp³-hybridized carbons (Fsp3) is 0.471. The van der Waals surface area contributed by atoms with E-state index in [-0.39, 0.29) is 24.9 Å². The third-order valence-corrected chi connectivity index (χ3v) is 3.40. The second kappa shape index (κ2) is 9.51. The first-order valence-corrected chi connectivity index (χ1v) is 8.24. The minimum absolute atomic E-state index is 0.0382. The molecule has 2 N–H and O–H groups in total. The van der Waals surface area contributed by atoms with Crippen molar-refractivity contribution in [3.63, 3.8) is 0 Å². The Kier molecular flexibility index (Phi) is 7.70. The monoisotopic (exact) mass is 381 g/mol. The van der Waals surface area contributed by atoms with Gasteiger partial charge in [-0.3, -0.25) is 18.7 Å². The molecule has 0 amide bonds. The standard InChI is InChI=1S/C17H23N3O7/c1-5-26-12(22)6-7-13(23)27-9-11(21)14-15(18)20(8-10(2)3)17(25)19(4)16(14)24/h6-7,10H,5,8-9,18H2,1-4H3. The Morgan fingerprint density at radius 1 is 1.11 bits per heavy atom. The number of ketones is 1. The van der Waals surface area contributed by atoms with Crippen LogP contribution in [0.5, 0.6) is 0 Å². The van der Waals surface area contributed by atoms with E-state index in [2.05, 4.69) is 4.74 Å². The molecule has 0 radical (unpaired) electrons. The summed E-state index contributed by atoms with van der Waals surface area (Å²) in [7, 11) is 1.23. The van der Waals surface area contributed by atoms with Crippen molar-refractivity contribution in [3.8, 4) is 0 Å². The molecule has 10 heteroatoms. The van der Waals surface area contributed by atoms with Crippen molar-refractivity contribution in [2.24, 2.45) is 13.0 Å². The van der Waals surface area contributed by atoms with Gasteiger partial charge in [0.05, 0.1) is 6.61 Å². The van der Waals surface area contributed by atoms with Crippen molar-refractivity contribution in [2.75, 3.05) is 18.9 Å².